The van der Waals surface area contributed by atoms with Gasteiger partial charge in [-0.1, -0.05) is 24.8 Å². The van der Waals surface area contributed by atoms with Crippen LogP contribution in [0.25, 0.3) is 0 Å². The Hall–Kier alpha value is -1.82. The Morgan fingerprint density at radius 1 is 1.22 bits per heavy atom. The second kappa shape index (κ2) is 7.30. The van der Waals surface area contributed by atoms with Gasteiger partial charge in [-0.05, 0) is 37.8 Å². The second-order valence-corrected chi connectivity index (χ2v) is 9.00. The van der Waals surface area contributed by atoms with Gasteiger partial charge in [0.15, 0.2) is 6.17 Å². The third kappa shape index (κ3) is 3.28. The van der Waals surface area contributed by atoms with E-state index in [1.807, 2.05) is 24.2 Å². The van der Waals surface area contributed by atoms with Crippen molar-refractivity contribution in [3.63, 3.8) is 0 Å². The first kappa shape index (κ1) is 17.3. The fourth-order valence-corrected chi connectivity index (χ4v) is 5.88. The number of H-pyrrole nitrogens is 1. The van der Waals surface area contributed by atoms with Crippen LogP contribution in [-0.4, -0.2) is 57.0 Å². The molecule has 1 aromatic rings. The van der Waals surface area contributed by atoms with Gasteiger partial charge in [-0.3, -0.25) is 15.0 Å². The fourth-order valence-electron chi connectivity index (χ4n) is 4.59. The van der Waals surface area contributed by atoms with Crippen LogP contribution in [0.5, 0.6) is 0 Å². The normalized spacial score (nSPS) is 32.9. The third-order valence-electron chi connectivity index (χ3n) is 6.08. The number of aromatic amines is 1. The van der Waals surface area contributed by atoms with Crippen LogP contribution in [0.2, 0.25) is 0 Å². The first-order chi connectivity index (χ1) is 13.3. The summed E-state index contributed by atoms with van der Waals surface area (Å²) >= 11 is 1.92. The first-order valence-electron chi connectivity index (χ1n) is 10.3. The molecule has 5 nitrogen and oxygen atoms in total. The zero-order valence-corrected chi connectivity index (χ0v) is 16.7. The van der Waals surface area contributed by atoms with Crippen LogP contribution < -0.4 is 0 Å². The van der Waals surface area contributed by atoms with Crippen LogP contribution >= 0.6 is 11.8 Å². The Morgan fingerprint density at radius 2 is 2.11 bits per heavy atom. The monoisotopic (exact) mass is 381 g/mol. The van der Waals surface area contributed by atoms with Gasteiger partial charge in [-0.2, -0.15) is 0 Å². The minimum atomic E-state index is 0.0290. The van der Waals surface area contributed by atoms with Crippen LogP contribution in [0.3, 0.4) is 0 Å². The molecule has 4 aliphatic rings. The van der Waals surface area contributed by atoms with Crippen LogP contribution in [0.4, 0.5) is 0 Å². The van der Waals surface area contributed by atoms with E-state index in [0.717, 1.165) is 24.1 Å². The Morgan fingerprint density at radius 3 is 2.89 bits per heavy atom. The number of aromatic nitrogens is 1. The smallest absolute Gasteiger partial charge is 0.156 e. The molecule has 6 heteroatoms. The van der Waals surface area contributed by atoms with Crippen molar-refractivity contribution in [2.45, 2.75) is 56.5 Å². The van der Waals surface area contributed by atoms with E-state index in [1.54, 1.807) is 0 Å². The maximum absolute atomic E-state index is 5.17. The number of allylic oxidation sites excluding steroid dienone is 1. The van der Waals surface area contributed by atoms with Crippen molar-refractivity contribution in [3.8, 4) is 0 Å². The molecule has 0 bridgehead atoms. The second-order valence-electron chi connectivity index (χ2n) is 7.80. The summed E-state index contributed by atoms with van der Waals surface area (Å²) in [7, 11) is 0. The largest absolute Gasteiger partial charge is 0.367 e. The lowest BCUT2D eigenvalue weighted by Crippen LogP contribution is -2.37. The molecule has 142 valence electrons. The minimum Gasteiger partial charge on any atom is -0.367 e. The van der Waals surface area contributed by atoms with E-state index in [9.17, 15) is 0 Å². The molecule has 0 aliphatic carbocycles. The van der Waals surface area contributed by atoms with E-state index in [2.05, 4.69) is 35.0 Å². The highest BCUT2D eigenvalue weighted by molar-refractivity contribution is 8.15. The SMILES string of the molecule is CCC1N=C(N2CCCC2)CCC1C1=NC2N=C(c3cc[nH]c3)C=CC2S1. The Kier molecular flexibility index (Phi) is 4.68. The molecule has 1 N–H and O–H groups in total. The number of nitrogens with zero attached hydrogens (tertiary/aromatic N) is 4. The van der Waals surface area contributed by atoms with Gasteiger partial charge < -0.3 is 9.88 Å². The van der Waals surface area contributed by atoms with Crippen molar-refractivity contribution in [1.82, 2.24) is 9.88 Å². The Balaban J connectivity index is 1.35. The Labute approximate surface area is 165 Å². The van der Waals surface area contributed by atoms with Crippen molar-refractivity contribution in [2.75, 3.05) is 13.1 Å². The van der Waals surface area contributed by atoms with Crippen LogP contribution in [-0.2, 0) is 0 Å². The summed E-state index contributed by atoms with van der Waals surface area (Å²) < 4.78 is 0. The van der Waals surface area contributed by atoms with Gasteiger partial charge in [0.25, 0.3) is 0 Å². The molecule has 0 aromatic carbocycles. The van der Waals surface area contributed by atoms with Gasteiger partial charge >= 0.3 is 0 Å². The summed E-state index contributed by atoms with van der Waals surface area (Å²) in [4.78, 5) is 20.8. The molecule has 1 aromatic heterocycles. The molecule has 4 unspecified atom stereocenters. The van der Waals surface area contributed by atoms with Gasteiger partial charge in [0.1, 0.15) is 0 Å². The first-order valence-corrected chi connectivity index (χ1v) is 11.1. The summed E-state index contributed by atoms with van der Waals surface area (Å²) in [6, 6.07) is 2.44. The number of rotatable bonds is 3. The van der Waals surface area contributed by atoms with Gasteiger partial charge in [0.05, 0.1) is 27.9 Å². The molecule has 0 saturated carbocycles. The molecule has 1 saturated heterocycles. The number of aliphatic imine (C=N–C) groups is 3. The molecule has 5 rings (SSSR count). The van der Waals surface area contributed by atoms with E-state index < -0.39 is 0 Å². The van der Waals surface area contributed by atoms with Gasteiger partial charge in [-0.15, -0.1) is 0 Å². The predicted octanol–water partition coefficient (Wildman–Crippen LogP) is 3.90. The molecule has 0 amide bonds. The van der Waals surface area contributed by atoms with Crippen molar-refractivity contribution in [2.24, 2.45) is 20.9 Å². The van der Waals surface area contributed by atoms with Crippen molar-refractivity contribution in [1.29, 1.82) is 0 Å². The van der Waals surface area contributed by atoms with Crippen LogP contribution in [0, 0.1) is 5.92 Å². The lowest BCUT2D eigenvalue weighted by Gasteiger charge is -2.32. The molecular formula is C21H27N5S. The molecule has 4 atom stereocenters. The number of dihydropyridines is 1. The number of nitrogens with one attached hydrogen (secondary N) is 1. The average Bonchev–Trinajstić information content (AvgIpc) is 3.48. The maximum atomic E-state index is 5.17. The fraction of sp³-hybridized carbons (Fsp3) is 0.571. The van der Waals surface area contributed by atoms with Gasteiger partial charge in [0.2, 0.25) is 0 Å². The van der Waals surface area contributed by atoms with Gasteiger partial charge in [-0.25, -0.2) is 0 Å². The summed E-state index contributed by atoms with van der Waals surface area (Å²) in [6.45, 7) is 4.66. The predicted molar refractivity (Wildman–Crippen MR) is 114 cm³/mol. The highest BCUT2D eigenvalue weighted by Gasteiger charge is 2.38. The average molecular weight is 382 g/mol. The number of thioether (sulfide) groups is 1. The van der Waals surface area contributed by atoms with E-state index in [0.29, 0.717) is 17.2 Å². The molecule has 1 fully saturated rings. The maximum Gasteiger partial charge on any atom is 0.156 e. The molecular weight excluding hydrogens is 354 g/mol. The van der Waals surface area contributed by atoms with Crippen LogP contribution in [0.1, 0.15) is 44.6 Å². The minimum absolute atomic E-state index is 0.0290. The number of likely N-dealkylation sites (tertiary alicyclic amines) is 1. The van der Waals surface area contributed by atoms with E-state index in [4.69, 9.17) is 15.0 Å². The molecule has 4 aliphatic heterocycles. The molecule has 0 spiro atoms. The number of fused-ring (bicyclic) bond motifs is 1. The zero-order chi connectivity index (χ0) is 18.2. The van der Waals surface area contributed by atoms with Gasteiger partial charge in [0, 0.05) is 43.4 Å². The highest BCUT2D eigenvalue weighted by Crippen LogP contribution is 2.39. The van der Waals surface area contributed by atoms with Crippen molar-refractivity contribution < 1.29 is 0 Å². The molecule has 27 heavy (non-hydrogen) atoms. The molecule has 5 heterocycles. The van der Waals surface area contributed by atoms with Crippen LogP contribution in [0.15, 0.2) is 45.6 Å². The lowest BCUT2D eigenvalue weighted by molar-refractivity contribution is 0.424. The Bertz CT molecular complexity index is 801. The quantitative estimate of drug-likeness (QED) is 0.863. The summed E-state index contributed by atoms with van der Waals surface area (Å²) in [5, 5.41) is 1.63. The summed E-state index contributed by atoms with van der Waals surface area (Å²) in [6.07, 6.45) is 14.4. The van der Waals surface area contributed by atoms with Crippen molar-refractivity contribution in [3.05, 3.63) is 36.2 Å². The van der Waals surface area contributed by atoms with E-state index in [1.165, 1.54) is 43.2 Å². The summed E-state index contributed by atoms with van der Waals surface area (Å²) in [5.41, 5.74) is 2.18. The molecule has 0 radical (unpaired) electrons. The lowest BCUT2D eigenvalue weighted by atomic mass is 9.90. The number of amidine groups is 1. The number of hydrogen-bond acceptors (Lipinski definition) is 5. The zero-order valence-electron chi connectivity index (χ0n) is 15.8. The third-order valence-corrected chi connectivity index (χ3v) is 7.41. The summed E-state index contributed by atoms with van der Waals surface area (Å²) in [5.74, 6) is 1.82. The topological polar surface area (TPSA) is 56.1 Å². The van der Waals surface area contributed by atoms with E-state index >= 15 is 0 Å². The highest BCUT2D eigenvalue weighted by atomic mass is 32.2. The van der Waals surface area contributed by atoms with E-state index in [-0.39, 0.29) is 6.17 Å². The standard InChI is InChI=1S/C21H27N5S/c1-2-16-15(5-8-19(23-16)26-11-3-4-12-26)21-25-20-18(27-21)7-6-17(24-20)14-9-10-22-13-14/h6-7,9-10,13,15-16,18,20,22H,2-5,8,11-12H2,1H3. The van der Waals surface area contributed by atoms with Crippen molar-refractivity contribution >= 4 is 28.4 Å². The number of hydrogen-bond donors (Lipinski definition) is 1.